The van der Waals surface area contributed by atoms with Crippen LogP contribution < -0.4 is 0 Å². The van der Waals surface area contributed by atoms with E-state index in [0.29, 0.717) is 5.31 Å². The van der Waals surface area contributed by atoms with Crippen LogP contribution in [0.2, 0.25) is 0 Å². The van der Waals surface area contributed by atoms with Gasteiger partial charge in [-0.1, -0.05) is 6.42 Å². The van der Waals surface area contributed by atoms with Crippen molar-refractivity contribution in [3.05, 3.63) is 16.6 Å². The fourth-order valence-electron chi connectivity index (χ4n) is 1.70. The summed E-state index contributed by atoms with van der Waals surface area (Å²) in [5.41, 5.74) is 4.20. The Kier molecular flexibility index (Phi) is 4.82. The molecule has 0 aromatic rings. The lowest BCUT2D eigenvalue weighted by molar-refractivity contribution is 0.280. The summed E-state index contributed by atoms with van der Waals surface area (Å²) in [4.78, 5) is 9.53. The van der Waals surface area contributed by atoms with Gasteiger partial charge in [0, 0.05) is 0 Å². The van der Waals surface area contributed by atoms with E-state index in [0.717, 1.165) is 18.4 Å². The highest BCUT2D eigenvalue weighted by molar-refractivity contribution is 7.57. The molecule has 1 unspecified atom stereocenters. The Bertz CT molecular complexity index is 319. The molecule has 0 amide bonds. The average molecular weight is 230 g/mol. The Balaban J connectivity index is 2.84. The van der Waals surface area contributed by atoms with Gasteiger partial charge in [0.05, 0.1) is 11.9 Å². The van der Waals surface area contributed by atoms with Crippen molar-refractivity contribution >= 4 is 7.60 Å². The van der Waals surface area contributed by atoms with Crippen molar-refractivity contribution in [1.29, 1.82) is 0 Å². The molecule has 4 heteroatoms. The Morgan fingerprint density at radius 1 is 1.47 bits per heavy atom. The molecule has 1 aliphatic carbocycles. The van der Waals surface area contributed by atoms with Crippen molar-refractivity contribution in [2.75, 3.05) is 6.61 Å². The van der Waals surface area contributed by atoms with Crippen LogP contribution in [-0.4, -0.2) is 11.5 Å². The zero-order valence-corrected chi connectivity index (χ0v) is 10.3. The van der Waals surface area contributed by atoms with Crippen LogP contribution in [0.5, 0.6) is 0 Å². The molecule has 0 spiro atoms. The van der Waals surface area contributed by atoms with Crippen LogP contribution in [0.1, 0.15) is 46.0 Å². The van der Waals surface area contributed by atoms with Crippen LogP contribution in [0.3, 0.4) is 0 Å². The van der Waals surface area contributed by atoms with Crippen LogP contribution in [0.25, 0.3) is 0 Å². The topological polar surface area (TPSA) is 46.5 Å². The SMILES string of the molecule is CCOP(=O)(O)C(C)=C=C1CCCCC1. The third kappa shape index (κ3) is 3.96. The molecule has 0 aromatic heterocycles. The molecule has 15 heavy (non-hydrogen) atoms. The van der Waals surface area contributed by atoms with Crippen molar-refractivity contribution in [2.24, 2.45) is 0 Å². The summed E-state index contributed by atoms with van der Waals surface area (Å²) in [7, 11) is -3.57. The van der Waals surface area contributed by atoms with Gasteiger partial charge >= 0.3 is 7.60 Å². The van der Waals surface area contributed by atoms with Gasteiger partial charge in [-0.25, -0.2) is 0 Å². The third-order valence-corrected chi connectivity index (χ3v) is 4.11. The van der Waals surface area contributed by atoms with E-state index in [9.17, 15) is 9.46 Å². The second-order valence-electron chi connectivity index (χ2n) is 3.81. The van der Waals surface area contributed by atoms with Crippen LogP contribution >= 0.6 is 7.60 Å². The van der Waals surface area contributed by atoms with Gasteiger partial charge in [0.25, 0.3) is 0 Å². The minimum atomic E-state index is -3.57. The Labute approximate surface area is 91.4 Å². The molecule has 1 aliphatic rings. The lowest BCUT2D eigenvalue weighted by Crippen LogP contribution is -1.93. The Morgan fingerprint density at radius 3 is 2.60 bits per heavy atom. The van der Waals surface area contributed by atoms with E-state index in [1.165, 1.54) is 19.3 Å². The van der Waals surface area contributed by atoms with E-state index >= 15 is 0 Å². The summed E-state index contributed by atoms with van der Waals surface area (Å²) in [5.74, 6) is 0. The van der Waals surface area contributed by atoms with Crippen molar-refractivity contribution in [1.82, 2.24) is 0 Å². The monoisotopic (exact) mass is 230 g/mol. The molecule has 1 N–H and O–H groups in total. The molecular formula is C11H19O3P. The van der Waals surface area contributed by atoms with E-state index in [-0.39, 0.29) is 6.61 Å². The summed E-state index contributed by atoms with van der Waals surface area (Å²) < 4.78 is 16.4. The number of rotatable bonds is 3. The summed E-state index contributed by atoms with van der Waals surface area (Å²) in [6.45, 7) is 3.59. The molecule has 0 aromatic carbocycles. The lowest BCUT2D eigenvalue weighted by atomic mass is 9.96. The molecule has 3 nitrogen and oxygen atoms in total. The molecule has 0 aliphatic heterocycles. The highest BCUT2D eigenvalue weighted by atomic mass is 31.2. The molecule has 0 radical (unpaired) electrons. The van der Waals surface area contributed by atoms with Crippen molar-refractivity contribution in [3.63, 3.8) is 0 Å². The molecule has 0 heterocycles. The minimum absolute atomic E-state index is 0.252. The van der Waals surface area contributed by atoms with E-state index in [2.05, 4.69) is 5.73 Å². The van der Waals surface area contributed by atoms with E-state index in [1.807, 2.05) is 0 Å². The second kappa shape index (κ2) is 5.67. The number of hydrogen-bond donors (Lipinski definition) is 1. The van der Waals surface area contributed by atoms with Gasteiger partial charge < -0.3 is 9.42 Å². The van der Waals surface area contributed by atoms with Crippen molar-refractivity contribution < 1.29 is 14.0 Å². The standard InChI is InChI=1S/C11H19O3P/c1-3-14-15(12,13)10(2)9-11-7-5-4-6-8-11/h3-8H2,1-2H3,(H,12,13). The molecule has 1 atom stereocenters. The number of allylic oxidation sites excluding steroid dienone is 1. The fraction of sp³-hybridized carbons (Fsp3) is 0.727. The van der Waals surface area contributed by atoms with E-state index < -0.39 is 7.60 Å². The van der Waals surface area contributed by atoms with Gasteiger partial charge in [0.15, 0.2) is 0 Å². The number of hydrogen-bond acceptors (Lipinski definition) is 2. The zero-order chi connectivity index (χ0) is 11.3. The largest absolute Gasteiger partial charge is 0.362 e. The van der Waals surface area contributed by atoms with Gasteiger partial charge in [-0.2, -0.15) is 0 Å². The summed E-state index contributed by atoms with van der Waals surface area (Å²) in [6, 6.07) is 0. The summed E-state index contributed by atoms with van der Waals surface area (Å²) in [5, 5.41) is 0.348. The molecule has 1 rings (SSSR count). The molecular weight excluding hydrogens is 211 g/mol. The predicted molar refractivity (Wildman–Crippen MR) is 60.7 cm³/mol. The second-order valence-corrected chi connectivity index (χ2v) is 5.78. The van der Waals surface area contributed by atoms with Gasteiger partial charge in [-0.3, -0.25) is 4.57 Å². The molecule has 0 bridgehead atoms. The lowest BCUT2D eigenvalue weighted by Gasteiger charge is -2.13. The van der Waals surface area contributed by atoms with Gasteiger partial charge in [0.2, 0.25) is 0 Å². The smallest absolute Gasteiger partial charge is 0.321 e. The van der Waals surface area contributed by atoms with E-state index in [1.54, 1.807) is 13.8 Å². The third-order valence-electron chi connectivity index (χ3n) is 2.54. The first kappa shape index (κ1) is 12.7. The normalized spacial score (nSPS) is 20.6. The van der Waals surface area contributed by atoms with Gasteiger partial charge in [0.1, 0.15) is 0 Å². The van der Waals surface area contributed by atoms with Crippen molar-refractivity contribution in [3.8, 4) is 0 Å². The molecule has 0 saturated heterocycles. The highest BCUT2D eigenvalue weighted by Crippen LogP contribution is 2.50. The van der Waals surface area contributed by atoms with Gasteiger partial charge in [-0.05, 0) is 45.1 Å². The quantitative estimate of drug-likeness (QED) is 0.595. The Hall–Kier alpha value is -0.330. The van der Waals surface area contributed by atoms with Crippen LogP contribution in [0, 0.1) is 0 Å². The fourth-order valence-corrected chi connectivity index (χ4v) is 2.54. The maximum atomic E-state index is 11.6. The summed E-state index contributed by atoms with van der Waals surface area (Å²) >= 11 is 0. The molecule has 1 fully saturated rings. The highest BCUT2D eigenvalue weighted by Gasteiger charge is 2.21. The van der Waals surface area contributed by atoms with Crippen LogP contribution in [-0.2, 0) is 9.09 Å². The van der Waals surface area contributed by atoms with E-state index in [4.69, 9.17) is 4.52 Å². The first-order valence-electron chi connectivity index (χ1n) is 5.49. The Morgan fingerprint density at radius 2 is 2.07 bits per heavy atom. The predicted octanol–water partition coefficient (Wildman–Crippen LogP) is 3.60. The maximum Gasteiger partial charge on any atom is 0.362 e. The van der Waals surface area contributed by atoms with Gasteiger partial charge in [-0.15, -0.1) is 5.73 Å². The van der Waals surface area contributed by atoms with Crippen molar-refractivity contribution in [2.45, 2.75) is 46.0 Å². The minimum Gasteiger partial charge on any atom is -0.321 e. The molecule has 86 valence electrons. The first-order valence-corrected chi connectivity index (χ1v) is 7.07. The molecule has 1 saturated carbocycles. The van der Waals surface area contributed by atoms with Crippen LogP contribution in [0.4, 0.5) is 0 Å². The van der Waals surface area contributed by atoms with Crippen LogP contribution in [0.15, 0.2) is 16.6 Å². The first-order chi connectivity index (χ1) is 7.06. The summed E-state index contributed by atoms with van der Waals surface area (Å²) in [6.07, 6.45) is 5.60. The maximum absolute atomic E-state index is 11.6. The average Bonchev–Trinajstić information content (AvgIpc) is 2.19. The zero-order valence-electron chi connectivity index (χ0n) is 9.45.